The molecule has 2 rings (SSSR count). The van der Waals surface area contributed by atoms with E-state index in [1.54, 1.807) is 25.3 Å². The molecule has 1 aliphatic rings. The Morgan fingerprint density at radius 3 is 1.55 bits per heavy atom. The van der Waals surface area contributed by atoms with Crippen molar-refractivity contribution in [2.75, 3.05) is 7.11 Å². The van der Waals surface area contributed by atoms with Gasteiger partial charge in [-0.1, -0.05) is 31.4 Å². The Morgan fingerprint density at radius 1 is 0.903 bits per heavy atom. The van der Waals surface area contributed by atoms with Crippen molar-refractivity contribution in [2.45, 2.75) is 32.1 Å². The summed E-state index contributed by atoms with van der Waals surface area (Å²) in [6.45, 7) is 0. The van der Waals surface area contributed by atoms with Gasteiger partial charge < -0.3 is 29.3 Å². The molecule has 0 heterocycles. The Balaban J connectivity index is -0.0000000498. The van der Waals surface area contributed by atoms with E-state index in [1.165, 1.54) is 19.3 Å². The second-order valence-electron chi connectivity index (χ2n) is 4.41. The molecule has 0 atom stereocenters. The molecule has 1 aromatic carbocycles. The van der Waals surface area contributed by atoms with Crippen molar-refractivity contribution in [3.05, 3.63) is 54.4 Å². The Labute approximate surface area is 236 Å². The maximum absolute atomic E-state index is 8.52. The maximum Gasteiger partial charge on any atom is -0.693 e. The standard InChI is InChI=1S/C8H7NO.C7H11N.6ClH.4H2N.3Pt/c1-10-8-5-3-2-4-7(8)6-9;8-6-7-4-2-1-3-5-7;;;;;;;;;;;;;/h2-5H,1H3;7H,1-5H2;6*1H;4*1H2;;;/q;;;;;;;;4*-1;2*+2;+4/p-6. The number of benzene rings is 1. The number of nitriles is 2. The van der Waals surface area contributed by atoms with Crippen molar-refractivity contribution >= 4 is 56.5 Å². The van der Waals surface area contributed by atoms with Crippen LogP contribution in [0, 0.1) is 28.6 Å². The number of methoxy groups -OCH3 is 1. The molecule has 0 unspecified atom stereocenters. The molecule has 1 aromatic rings. The quantitative estimate of drug-likeness (QED) is 0.271. The van der Waals surface area contributed by atoms with Gasteiger partial charge in [0.15, 0.2) is 0 Å². The molecule has 0 saturated heterocycles. The summed E-state index contributed by atoms with van der Waals surface area (Å²) in [5.41, 5.74) is 0.574. The van der Waals surface area contributed by atoms with E-state index < -0.39 is 49.4 Å². The molecule has 8 N–H and O–H groups in total. The fourth-order valence-corrected chi connectivity index (χ4v) is 1.97. The van der Waals surface area contributed by atoms with Gasteiger partial charge in [0.1, 0.15) is 11.8 Å². The van der Waals surface area contributed by atoms with Gasteiger partial charge in [-0.3, -0.25) is 0 Å². The van der Waals surface area contributed by atoms with E-state index in [4.69, 9.17) is 71.8 Å². The first-order valence-corrected chi connectivity index (χ1v) is 23.9. The second kappa shape index (κ2) is 45.2. The predicted octanol–water partition coefficient (Wildman–Crippen LogP) is 10.7. The Hall–Kier alpha value is 1.64. The molecular formula is C15H26Cl6N6OPt3-2. The van der Waals surface area contributed by atoms with Crippen LogP contribution in [0.3, 0.4) is 0 Å². The van der Waals surface area contributed by atoms with Crippen LogP contribution in [0.4, 0.5) is 0 Å². The van der Waals surface area contributed by atoms with Crippen LogP contribution in [0.25, 0.3) is 24.6 Å². The van der Waals surface area contributed by atoms with Crippen molar-refractivity contribution in [3.8, 4) is 17.9 Å². The molecule has 0 radical (unpaired) electrons. The molecule has 1 fully saturated rings. The van der Waals surface area contributed by atoms with E-state index in [2.05, 4.69) is 6.07 Å². The van der Waals surface area contributed by atoms with Gasteiger partial charge in [0, 0.05) is 5.92 Å². The SMILES string of the molecule is COc1ccccc1C#N.N#CC1CCCCC1.[Cl][Pt+2][Cl].[Cl][Pt][Cl].[Cl][Pt][Cl].[NH2-].[NH2-].[NH2-].[NH2-]. The first kappa shape index (κ1) is 49.7. The number of hydrogen-bond donors (Lipinski definition) is 0. The number of para-hydroxylation sites is 1. The molecule has 196 valence electrons. The topological polar surface area (TPSA) is 191 Å². The van der Waals surface area contributed by atoms with Gasteiger partial charge in [-0.05, 0) is 25.0 Å². The minimum absolute atomic E-state index is 0. The zero-order valence-electron chi connectivity index (χ0n) is 16.3. The zero-order valence-corrected chi connectivity index (χ0v) is 27.6. The Kier molecular flexibility index (Phi) is 72.5. The fourth-order valence-electron chi connectivity index (χ4n) is 1.97. The molecule has 0 bridgehead atoms. The van der Waals surface area contributed by atoms with Crippen molar-refractivity contribution < 1.29 is 54.2 Å². The van der Waals surface area contributed by atoms with Crippen LogP contribution in [0.5, 0.6) is 5.75 Å². The van der Waals surface area contributed by atoms with Crippen LogP contribution in [-0.4, -0.2) is 7.11 Å². The van der Waals surface area contributed by atoms with Crippen molar-refractivity contribution in [2.24, 2.45) is 5.92 Å². The third-order valence-electron chi connectivity index (χ3n) is 3.02. The normalized spacial score (nSPS) is 10.6. The molecule has 16 heteroatoms. The number of ether oxygens (including phenoxy) is 1. The Bertz CT molecular complexity index is 518. The minimum Gasteiger partial charge on any atom is -0.693 e. The van der Waals surface area contributed by atoms with Gasteiger partial charge in [-0.25, -0.2) is 0 Å². The molecular weight excluding hydrogens is 1080 g/mol. The van der Waals surface area contributed by atoms with E-state index in [0.29, 0.717) is 17.2 Å². The maximum atomic E-state index is 8.52. The average Bonchev–Trinajstić information content (AvgIpc) is 2.71. The monoisotopic (exact) mass is 1100 g/mol. The Morgan fingerprint density at radius 2 is 1.29 bits per heavy atom. The summed E-state index contributed by atoms with van der Waals surface area (Å²) in [4.78, 5) is 0. The summed E-state index contributed by atoms with van der Waals surface area (Å²) in [7, 11) is 30.8. The number of nitrogens with two attached hydrogens (primary N) is 4. The molecule has 1 aliphatic carbocycles. The van der Waals surface area contributed by atoms with Crippen LogP contribution < -0.4 is 4.74 Å². The molecule has 0 amide bonds. The second-order valence-corrected chi connectivity index (χ2v) is 14.3. The predicted molar refractivity (Wildman–Crippen MR) is 126 cm³/mol. The van der Waals surface area contributed by atoms with Crippen molar-refractivity contribution in [3.63, 3.8) is 0 Å². The van der Waals surface area contributed by atoms with Gasteiger partial charge in [-0.15, -0.1) is 0 Å². The first-order chi connectivity index (χ1) is 13.1. The first-order valence-electron chi connectivity index (χ1n) is 6.96. The van der Waals surface area contributed by atoms with Gasteiger partial charge in [0.05, 0.1) is 18.7 Å². The summed E-state index contributed by atoms with van der Waals surface area (Å²) in [5.74, 6) is 1.02. The minimum atomic E-state index is -0.472. The molecule has 1 saturated carbocycles. The van der Waals surface area contributed by atoms with Gasteiger partial charge in [0.25, 0.3) is 0 Å². The summed E-state index contributed by atoms with van der Waals surface area (Å²) >= 11 is -1.42. The van der Waals surface area contributed by atoms with E-state index in [9.17, 15) is 0 Å². The van der Waals surface area contributed by atoms with Crippen LogP contribution in [0.2, 0.25) is 0 Å². The van der Waals surface area contributed by atoms with E-state index in [-0.39, 0.29) is 24.6 Å². The van der Waals surface area contributed by atoms with E-state index in [1.807, 2.05) is 12.1 Å². The molecule has 0 aliphatic heterocycles. The largest absolute Gasteiger partial charge is 0.693 e. The molecule has 31 heavy (non-hydrogen) atoms. The van der Waals surface area contributed by atoms with Crippen LogP contribution >= 0.6 is 56.5 Å². The van der Waals surface area contributed by atoms with Gasteiger partial charge >= 0.3 is 106 Å². The molecule has 0 aromatic heterocycles. The van der Waals surface area contributed by atoms with E-state index >= 15 is 0 Å². The fraction of sp³-hybridized carbons (Fsp3) is 0.467. The zero-order chi connectivity index (χ0) is 21.3. The summed E-state index contributed by atoms with van der Waals surface area (Å²) in [5, 5.41) is 17.0. The van der Waals surface area contributed by atoms with Crippen LogP contribution in [0.15, 0.2) is 24.3 Å². The number of halogens is 6. The smallest absolute Gasteiger partial charge is 0.693 e. The van der Waals surface area contributed by atoms with Crippen molar-refractivity contribution in [1.29, 1.82) is 10.5 Å². The van der Waals surface area contributed by atoms with Gasteiger partial charge in [0.2, 0.25) is 0 Å². The molecule has 0 spiro atoms. The van der Waals surface area contributed by atoms with Crippen LogP contribution in [-0.2, 0) is 49.4 Å². The number of hydrogen-bond acceptors (Lipinski definition) is 3. The summed E-state index contributed by atoms with van der Waals surface area (Å²) in [6.07, 6.45) is 6.20. The average molecular weight is 1100 g/mol. The van der Waals surface area contributed by atoms with Crippen LogP contribution in [0.1, 0.15) is 37.7 Å². The summed E-state index contributed by atoms with van der Waals surface area (Å²) in [6, 6.07) is 11.4. The third-order valence-corrected chi connectivity index (χ3v) is 3.02. The number of nitrogens with zero attached hydrogens (tertiary/aromatic N) is 2. The summed E-state index contributed by atoms with van der Waals surface area (Å²) < 4.78 is 4.91. The van der Waals surface area contributed by atoms with E-state index in [0.717, 1.165) is 12.8 Å². The number of rotatable bonds is 1. The third kappa shape index (κ3) is 39.2. The molecule has 7 nitrogen and oxygen atoms in total. The van der Waals surface area contributed by atoms with Gasteiger partial charge in [-0.2, -0.15) is 10.5 Å². The van der Waals surface area contributed by atoms with Crippen molar-refractivity contribution in [1.82, 2.24) is 0 Å².